The molecule has 0 saturated carbocycles. The number of carbonyl (C=O) groups is 3. The van der Waals surface area contributed by atoms with Crippen LogP contribution in [0, 0.1) is 10.1 Å². The van der Waals surface area contributed by atoms with Gasteiger partial charge in [-0.25, -0.2) is 0 Å². The molecular formula is C14H17N3O6S. The van der Waals surface area contributed by atoms with Crippen molar-refractivity contribution >= 4 is 35.2 Å². The van der Waals surface area contributed by atoms with E-state index in [2.05, 4.69) is 5.32 Å². The predicted octanol–water partition coefficient (Wildman–Crippen LogP) is 1.16. The number of nitrogens with two attached hydrogens (primary N) is 1. The lowest BCUT2D eigenvalue weighted by molar-refractivity contribution is -0.387. The second-order valence-corrected chi connectivity index (χ2v) is 5.81. The normalized spacial score (nSPS) is 10.2. The summed E-state index contributed by atoms with van der Waals surface area (Å²) in [6, 6.07) is 3.82. The van der Waals surface area contributed by atoms with E-state index in [9.17, 15) is 24.5 Å². The Kier molecular flexibility index (Phi) is 7.69. The number of thioether (sulfide) groups is 1. The Balaban J connectivity index is 2.51. The second-order valence-electron chi connectivity index (χ2n) is 4.79. The van der Waals surface area contributed by atoms with Gasteiger partial charge >= 0.3 is 5.97 Å². The Morgan fingerprint density at radius 2 is 2.00 bits per heavy atom. The van der Waals surface area contributed by atoms with E-state index in [-0.39, 0.29) is 34.2 Å². The SMILES string of the molecule is NC(=O)c1ccc(SCC(=O)NCCCCC(=O)O)c([N+](=O)[O-])c1. The number of unbranched alkanes of at least 4 members (excludes halogenated alkanes) is 1. The highest BCUT2D eigenvalue weighted by molar-refractivity contribution is 8.00. The minimum atomic E-state index is -0.886. The molecule has 0 spiro atoms. The van der Waals surface area contributed by atoms with Crippen molar-refractivity contribution in [2.45, 2.75) is 24.2 Å². The number of primary amides is 1. The first-order valence-electron chi connectivity index (χ1n) is 7.00. The third-order valence-electron chi connectivity index (χ3n) is 2.94. The molecule has 0 aromatic heterocycles. The average Bonchev–Trinajstić information content (AvgIpc) is 2.51. The van der Waals surface area contributed by atoms with Crippen LogP contribution in [-0.2, 0) is 9.59 Å². The van der Waals surface area contributed by atoms with Gasteiger partial charge in [-0.3, -0.25) is 24.5 Å². The molecule has 0 heterocycles. The molecule has 24 heavy (non-hydrogen) atoms. The molecule has 2 amide bonds. The van der Waals surface area contributed by atoms with Gasteiger partial charge in [0, 0.05) is 24.6 Å². The van der Waals surface area contributed by atoms with E-state index in [4.69, 9.17) is 10.8 Å². The van der Waals surface area contributed by atoms with Crippen molar-refractivity contribution in [3.05, 3.63) is 33.9 Å². The third kappa shape index (κ3) is 6.65. The van der Waals surface area contributed by atoms with Crippen LogP contribution >= 0.6 is 11.8 Å². The zero-order valence-electron chi connectivity index (χ0n) is 12.7. The van der Waals surface area contributed by atoms with Gasteiger partial charge in [0.25, 0.3) is 5.69 Å². The molecule has 0 saturated heterocycles. The van der Waals surface area contributed by atoms with Gasteiger partial charge in [-0.2, -0.15) is 0 Å². The highest BCUT2D eigenvalue weighted by Crippen LogP contribution is 2.29. The molecule has 0 radical (unpaired) electrons. The molecular weight excluding hydrogens is 338 g/mol. The van der Waals surface area contributed by atoms with Crippen molar-refractivity contribution in [1.82, 2.24) is 5.32 Å². The molecule has 0 aliphatic heterocycles. The number of benzene rings is 1. The Labute approximate surface area is 141 Å². The van der Waals surface area contributed by atoms with E-state index in [0.29, 0.717) is 19.4 Å². The summed E-state index contributed by atoms with van der Waals surface area (Å²) in [6.07, 6.45) is 1.04. The van der Waals surface area contributed by atoms with Crippen molar-refractivity contribution in [3.8, 4) is 0 Å². The minimum absolute atomic E-state index is 0.0222. The Bertz CT molecular complexity index is 649. The maximum Gasteiger partial charge on any atom is 0.303 e. The predicted molar refractivity (Wildman–Crippen MR) is 86.8 cm³/mol. The van der Waals surface area contributed by atoms with Gasteiger partial charge in [-0.1, -0.05) is 0 Å². The fourth-order valence-corrected chi connectivity index (χ4v) is 2.59. The summed E-state index contributed by atoms with van der Waals surface area (Å²) >= 11 is 0.973. The molecule has 0 fully saturated rings. The van der Waals surface area contributed by atoms with Gasteiger partial charge < -0.3 is 16.2 Å². The van der Waals surface area contributed by atoms with Crippen LogP contribution in [0.5, 0.6) is 0 Å². The van der Waals surface area contributed by atoms with Crippen molar-refractivity contribution in [2.75, 3.05) is 12.3 Å². The molecule has 0 bridgehead atoms. The molecule has 0 atom stereocenters. The quantitative estimate of drug-likeness (QED) is 0.246. The number of nitro benzene ring substituents is 1. The summed E-state index contributed by atoms with van der Waals surface area (Å²) in [6.45, 7) is 0.343. The maximum atomic E-state index is 11.7. The van der Waals surface area contributed by atoms with Gasteiger partial charge in [0.15, 0.2) is 0 Å². The summed E-state index contributed by atoms with van der Waals surface area (Å²) in [7, 11) is 0. The van der Waals surface area contributed by atoms with Crippen LogP contribution in [0.1, 0.15) is 29.6 Å². The molecule has 9 nitrogen and oxygen atoms in total. The van der Waals surface area contributed by atoms with Crippen LogP contribution in [0.2, 0.25) is 0 Å². The standard InChI is InChI=1S/C14H17N3O6S/c15-14(21)9-4-5-11(10(7-9)17(22)23)24-8-12(18)16-6-2-1-3-13(19)20/h4-5,7H,1-3,6,8H2,(H2,15,21)(H,16,18)(H,19,20). The molecule has 130 valence electrons. The number of nitrogens with one attached hydrogen (secondary N) is 1. The average molecular weight is 355 g/mol. The minimum Gasteiger partial charge on any atom is -0.481 e. The fraction of sp³-hybridized carbons (Fsp3) is 0.357. The number of hydrogen-bond donors (Lipinski definition) is 3. The Morgan fingerprint density at radius 3 is 2.58 bits per heavy atom. The van der Waals surface area contributed by atoms with Crippen molar-refractivity contribution in [1.29, 1.82) is 0 Å². The Morgan fingerprint density at radius 1 is 1.29 bits per heavy atom. The maximum absolute atomic E-state index is 11.7. The number of nitrogens with zero attached hydrogens (tertiary/aromatic N) is 1. The topological polar surface area (TPSA) is 153 Å². The highest BCUT2D eigenvalue weighted by Gasteiger charge is 2.17. The van der Waals surface area contributed by atoms with E-state index in [0.717, 1.165) is 17.8 Å². The zero-order chi connectivity index (χ0) is 18.1. The molecule has 10 heteroatoms. The summed E-state index contributed by atoms with van der Waals surface area (Å²) in [5, 5.41) is 22.1. The smallest absolute Gasteiger partial charge is 0.303 e. The molecule has 4 N–H and O–H groups in total. The van der Waals surface area contributed by atoms with Crippen molar-refractivity contribution in [3.63, 3.8) is 0 Å². The number of carboxylic acid groups (broad SMARTS) is 1. The number of hydrogen-bond acceptors (Lipinski definition) is 6. The van der Waals surface area contributed by atoms with E-state index < -0.39 is 16.8 Å². The van der Waals surface area contributed by atoms with Crippen LogP contribution in [0.4, 0.5) is 5.69 Å². The van der Waals surface area contributed by atoms with E-state index in [1.54, 1.807) is 0 Å². The largest absolute Gasteiger partial charge is 0.481 e. The van der Waals surface area contributed by atoms with Gasteiger partial charge in [0.05, 0.1) is 15.6 Å². The Hall–Kier alpha value is -2.62. The second kappa shape index (κ2) is 9.50. The van der Waals surface area contributed by atoms with Crippen LogP contribution in [0.3, 0.4) is 0 Å². The molecule has 0 aliphatic carbocycles. The lowest BCUT2D eigenvalue weighted by Crippen LogP contribution is -2.26. The summed E-state index contributed by atoms with van der Waals surface area (Å²) in [4.78, 5) is 43.7. The first-order chi connectivity index (χ1) is 11.3. The number of rotatable bonds is 10. The van der Waals surface area contributed by atoms with Crippen molar-refractivity contribution in [2.24, 2.45) is 5.73 Å². The molecule has 1 aromatic rings. The van der Waals surface area contributed by atoms with Crippen LogP contribution in [-0.4, -0.2) is 40.1 Å². The van der Waals surface area contributed by atoms with E-state index in [1.807, 2.05) is 0 Å². The number of carbonyl (C=O) groups excluding carboxylic acids is 2. The molecule has 0 aliphatic rings. The molecule has 1 aromatic carbocycles. The number of aliphatic carboxylic acids is 1. The van der Waals surface area contributed by atoms with Crippen LogP contribution in [0.25, 0.3) is 0 Å². The van der Waals surface area contributed by atoms with Gasteiger partial charge in [0.1, 0.15) is 0 Å². The highest BCUT2D eigenvalue weighted by atomic mass is 32.2. The van der Waals surface area contributed by atoms with E-state index in [1.165, 1.54) is 12.1 Å². The van der Waals surface area contributed by atoms with Crippen LogP contribution < -0.4 is 11.1 Å². The van der Waals surface area contributed by atoms with Crippen molar-refractivity contribution < 1.29 is 24.4 Å². The number of carboxylic acids is 1. The third-order valence-corrected chi connectivity index (χ3v) is 4.00. The van der Waals surface area contributed by atoms with Crippen LogP contribution in [0.15, 0.2) is 23.1 Å². The van der Waals surface area contributed by atoms with Gasteiger partial charge in [-0.05, 0) is 25.0 Å². The van der Waals surface area contributed by atoms with Gasteiger partial charge in [-0.15, -0.1) is 11.8 Å². The lowest BCUT2D eigenvalue weighted by Gasteiger charge is -2.06. The number of amides is 2. The molecule has 1 rings (SSSR count). The number of nitro groups is 1. The first kappa shape index (κ1) is 19.4. The summed E-state index contributed by atoms with van der Waals surface area (Å²) < 4.78 is 0. The summed E-state index contributed by atoms with van der Waals surface area (Å²) in [5.74, 6) is -2.00. The van der Waals surface area contributed by atoms with Gasteiger partial charge in [0.2, 0.25) is 11.8 Å². The summed E-state index contributed by atoms with van der Waals surface area (Å²) in [5.41, 5.74) is 4.82. The van der Waals surface area contributed by atoms with E-state index >= 15 is 0 Å². The lowest BCUT2D eigenvalue weighted by atomic mass is 10.2. The molecule has 0 unspecified atom stereocenters. The fourth-order valence-electron chi connectivity index (χ4n) is 1.76. The first-order valence-corrected chi connectivity index (χ1v) is 7.99. The monoisotopic (exact) mass is 355 g/mol. The zero-order valence-corrected chi connectivity index (χ0v) is 13.5.